The summed E-state index contributed by atoms with van der Waals surface area (Å²) in [5.41, 5.74) is -0.428. The molecule has 1 unspecified atom stereocenters. The van der Waals surface area contributed by atoms with Crippen LogP contribution in [0, 0.1) is 5.92 Å². The maximum absolute atomic E-state index is 14.7. The first-order chi connectivity index (χ1) is 11.1. The summed E-state index contributed by atoms with van der Waals surface area (Å²) in [6, 6.07) is 4.41. The lowest BCUT2D eigenvalue weighted by molar-refractivity contribution is -0.138. The number of anilines is 1. The number of hydrogen-bond acceptors (Lipinski definition) is 3. The number of halogens is 2. The molecule has 136 valence electrons. The van der Waals surface area contributed by atoms with E-state index < -0.39 is 40.3 Å². The minimum absolute atomic E-state index is 0.0472. The number of benzene rings is 1. The van der Waals surface area contributed by atoms with Crippen LogP contribution in [0.1, 0.15) is 39.2 Å². The van der Waals surface area contributed by atoms with Gasteiger partial charge in [-0.25, -0.2) is 17.2 Å². The number of carbonyl (C=O) groups is 1. The Labute approximate surface area is 141 Å². The third-order valence-corrected chi connectivity index (χ3v) is 5.19. The van der Waals surface area contributed by atoms with Crippen molar-refractivity contribution in [1.82, 2.24) is 0 Å². The van der Waals surface area contributed by atoms with Crippen molar-refractivity contribution >= 4 is 21.7 Å². The largest absolute Gasteiger partial charge is 0.481 e. The van der Waals surface area contributed by atoms with Gasteiger partial charge in [0, 0.05) is 17.9 Å². The molecule has 0 saturated heterocycles. The van der Waals surface area contributed by atoms with E-state index in [1.807, 2.05) is 13.8 Å². The number of hydrogen-bond donors (Lipinski definition) is 1. The summed E-state index contributed by atoms with van der Waals surface area (Å²) in [5.74, 6) is -5.87. The molecule has 1 aromatic carbocycles. The second-order valence-corrected chi connectivity index (χ2v) is 7.34. The summed E-state index contributed by atoms with van der Waals surface area (Å²) in [7, 11) is -3.76. The Balaban J connectivity index is 0.00000139. The van der Waals surface area contributed by atoms with Crippen LogP contribution in [-0.4, -0.2) is 31.8 Å². The summed E-state index contributed by atoms with van der Waals surface area (Å²) >= 11 is 0. The molecular weight excluding hydrogens is 340 g/mol. The van der Waals surface area contributed by atoms with Crippen molar-refractivity contribution in [3.05, 3.63) is 29.8 Å². The van der Waals surface area contributed by atoms with Crippen LogP contribution in [0.25, 0.3) is 0 Å². The predicted octanol–water partition coefficient (Wildman–Crippen LogP) is 3.45. The minimum Gasteiger partial charge on any atom is -0.481 e. The van der Waals surface area contributed by atoms with E-state index in [1.165, 1.54) is 31.2 Å². The van der Waals surface area contributed by atoms with E-state index in [1.54, 1.807) is 0 Å². The lowest BCUT2D eigenvalue weighted by Gasteiger charge is -2.44. The van der Waals surface area contributed by atoms with Gasteiger partial charge in [0.05, 0.1) is 18.0 Å². The fourth-order valence-corrected chi connectivity index (χ4v) is 4.28. The molecule has 2 atom stereocenters. The highest BCUT2D eigenvalue weighted by atomic mass is 32.2. The van der Waals surface area contributed by atoms with Gasteiger partial charge in [-0.15, -0.1) is 0 Å². The van der Waals surface area contributed by atoms with Gasteiger partial charge in [0.2, 0.25) is 10.0 Å². The molecular formula is C16H23F2NO4S. The van der Waals surface area contributed by atoms with Crippen LogP contribution >= 0.6 is 0 Å². The average molecular weight is 363 g/mol. The zero-order valence-electron chi connectivity index (χ0n) is 14.2. The van der Waals surface area contributed by atoms with Crippen LogP contribution in [0.5, 0.6) is 0 Å². The van der Waals surface area contributed by atoms with Crippen molar-refractivity contribution in [3.8, 4) is 0 Å². The first-order valence-corrected chi connectivity index (χ1v) is 9.60. The summed E-state index contributed by atoms with van der Waals surface area (Å²) in [6.07, 6.45) is 0.215. The third-order valence-electron chi connectivity index (χ3n) is 3.94. The van der Waals surface area contributed by atoms with E-state index in [9.17, 15) is 22.0 Å². The van der Waals surface area contributed by atoms with Crippen molar-refractivity contribution in [2.45, 2.75) is 45.6 Å². The molecule has 0 fully saturated rings. The summed E-state index contributed by atoms with van der Waals surface area (Å²) in [6.45, 7) is 5.39. The summed E-state index contributed by atoms with van der Waals surface area (Å²) in [4.78, 5) is 10.7. The van der Waals surface area contributed by atoms with Crippen molar-refractivity contribution in [3.63, 3.8) is 0 Å². The van der Waals surface area contributed by atoms with Crippen molar-refractivity contribution in [2.24, 2.45) is 5.92 Å². The van der Waals surface area contributed by atoms with Gasteiger partial charge >= 0.3 is 5.97 Å². The Morgan fingerprint density at radius 1 is 1.29 bits per heavy atom. The Bertz CT molecular complexity index is 691. The molecule has 0 amide bonds. The van der Waals surface area contributed by atoms with E-state index >= 15 is 0 Å². The number of rotatable bonds is 4. The topological polar surface area (TPSA) is 74.7 Å². The van der Waals surface area contributed by atoms with Crippen LogP contribution in [0.4, 0.5) is 14.5 Å². The quantitative estimate of drug-likeness (QED) is 0.889. The number of fused-ring (bicyclic) bond motifs is 1. The van der Waals surface area contributed by atoms with Gasteiger partial charge in [-0.05, 0) is 19.4 Å². The number of para-hydroxylation sites is 1. The van der Waals surface area contributed by atoms with Crippen LogP contribution in [0.2, 0.25) is 0 Å². The van der Waals surface area contributed by atoms with Crippen LogP contribution in [0.15, 0.2) is 24.3 Å². The standard InChI is InChI=1S/C14H17F2NO4S.C2H6/c1-9-10(7-8-13(18)19)14(15,16)11-5-3-4-6-12(11)17(9)22(2,20)21;1-2/h3-6,9-10H,7-8H2,1-2H3,(H,18,19);1-2H3/t9-,10?;/m1./s1. The van der Waals surface area contributed by atoms with Gasteiger partial charge in [-0.2, -0.15) is 0 Å². The second-order valence-electron chi connectivity index (χ2n) is 5.48. The molecule has 24 heavy (non-hydrogen) atoms. The van der Waals surface area contributed by atoms with Gasteiger partial charge in [0.25, 0.3) is 5.92 Å². The number of alkyl halides is 2. The molecule has 5 nitrogen and oxygen atoms in total. The van der Waals surface area contributed by atoms with E-state index in [4.69, 9.17) is 5.11 Å². The number of sulfonamides is 1. The number of nitrogens with zero attached hydrogens (tertiary/aromatic N) is 1. The molecule has 0 saturated carbocycles. The molecule has 0 bridgehead atoms. The van der Waals surface area contributed by atoms with Gasteiger partial charge in [0.15, 0.2) is 0 Å². The highest BCUT2D eigenvalue weighted by Crippen LogP contribution is 2.50. The fourth-order valence-electron chi connectivity index (χ4n) is 3.02. The maximum Gasteiger partial charge on any atom is 0.303 e. The first kappa shape index (κ1) is 20.3. The molecule has 1 heterocycles. The zero-order chi connectivity index (χ0) is 18.7. The van der Waals surface area contributed by atoms with Crippen LogP contribution < -0.4 is 4.31 Å². The maximum atomic E-state index is 14.7. The molecule has 0 aliphatic carbocycles. The van der Waals surface area contributed by atoms with Gasteiger partial charge in [-0.3, -0.25) is 9.10 Å². The Morgan fingerprint density at radius 3 is 2.33 bits per heavy atom. The molecule has 1 aromatic rings. The van der Waals surface area contributed by atoms with Gasteiger partial charge in [0.1, 0.15) is 0 Å². The molecule has 1 aliphatic rings. The molecule has 8 heteroatoms. The minimum atomic E-state index is -3.76. The predicted molar refractivity (Wildman–Crippen MR) is 88.8 cm³/mol. The number of carboxylic acid groups (broad SMARTS) is 1. The van der Waals surface area contributed by atoms with Crippen molar-refractivity contribution in [2.75, 3.05) is 10.6 Å². The highest BCUT2D eigenvalue weighted by molar-refractivity contribution is 7.92. The molecule has 0 radical (unpaired) electrons. The van der Waals surface area contributed by atoms with E-state index in [0.717, 1.165) is 10.6 Å². The summed E-state index contributed by atoms with van der Waals surface area (Å²) in [5, 5.41) is 8.74. The van der Waals surface area contributed by atoms with Gasteiger partial charge < -0.3 is 5.11 Å². The fraction of sp³-hybridized carbons (Fsp3) is 0.562. The number of aliphatic carboxylic acids is 1. The first-order valence-electron chi connectivity index (χ1n) is 7.75. The third kappa shape index (κ3) is 3.85. The van der Waals surface area contributed by atoms with Crippen LogP contribution in [-0.2, 0) is 20.7 Å². The lowest BCUT2D eigenvalue weighted by Crippen LogP contribution is -2.52. The lowest BCUT2D eigenvalue weighted by atomic mass is 9.81. The smallest absolute Gasteiger partial charge is 0.303 e. The van der Waals surface area contributed by atoms with E-state index in [0.29, 0.717) is 0 Å². The Hall–Kier alpha value is -1.70. The molecule has 0 spiro atoms. The van der Waals surface area contributed by atoms with Crippen LogP contribution in [0.3, 0.4) is 0 Å². The molecule has 1 N–H and O–H groups in total. The van der Waals surface area contributed by atoms with Gasteiger partial charge in [-0.1, -0.05) is 32.0 Å². The summed E-state index contributed by atoms with van der Waals surface area (Å²) < 4.78 is 54.4. The van der Waals surface area contributed by atoms with Crippen molar-refractivity contribution < 1.29 is 27.1 Å². The SMILES string of the molecule is CC.C[C@@H]1C(CCC(=O)O)C(F)(F)c2ccccc2N1S(C)(=O)=O. The normalized spacial score (nSPS) is 22.2. The van der Waals surface area contributed by atoms with E-state index in [-0.39, 0.29) is 17.7 Å². The Morgan fingerprint density at radius 2 is 1.83 bits per heavy atom. The number of carboxylic acids is 1. The molecule has 2 rings (SSSR count). The van der Waals surface area contributed by atoms with E-state index in [2.05, 4.69) is 0 Å². The highest BCUT2D eigenvalue weighted by Gasteiger charge is 2.53. The second kappa shape index (κ2) is 7.46. The molecule has 1 aliphatic heterocycles. The average Bonchev–Trinajstić information content (AvgIpc) is 2.47. The van der Waals surface area contributed by atoms with Crippen molar-refractivity contribution in [1.29, 1.82) is 0 Å². The Kier molecular flexibility index (Phi) is 6.32. The monoisotopic (exact) mass is 363 g/mol. The zero-order valence-corrected chi connectivity index (χ0v) is 15.0. The molecule has 0 aromatic heterocycles.